The van der Waals surface area contributed by atoms with E-state index in [4.69, 9.17) is 10.00 Å². The van der Waals surface area contributed by atoms with Crippen LogP contribution in [0.15, 0.2) is 24.3 Å². The number of benzene rings is 1. The van der Waals surface area contributed by atoms with Crippen molar-refractivity contribution in [3.05, 3.63) is 35.4 Å². The van der Waals surface area contributed by atoms with Crippen molar-refractivity contribution in [2.45, 2.75) is 18.9 Å². The smallest absolute Gasteiger partial charge is 0.0994 e. The molecule has 1 fully saturated rings. The molecule has 1 aliphatic heterocycles. The van der Waals surface area contributed by atoms with Gasteiger partial charge in [0.1, 0.15) is 0 Å². The highest BCUT2D eigenvalue weighted by Crippen LogP contribution is 2.21. The lowest BCUT2D eigenvalue weighted by Crippen LogP contribution is -2.33. The summed E-state index contributed by atoms with van der Waals surface area (Å²) in [5.74, 6) is 0.114. The number of hydrogen-bond donors (Lipinski definition) is 1. The molecule has 16 heavy (non-hydrogen) atoms. The molecule has 1 aliphatic rings. The maximum atomic E-state index is 9.83. The molecule has 2 rings (SSSR count). The van der Waals surface area contributed by atoms with E-state index in [1.807, 2.05) is 24.3 Å². The molecule has 1 N–H and O–H groups in total. The highest BCUT2D eigenvalue weighted by Gasteiger charge is 2.24. The number of ether oxygens (including phenoxy) is 1. The first kappa shape index (κ1) is 11.1. The van der Waals surface area contributed by atoms with Gasteiger partial charge in [-0.2, -0.15) is 5.26 Å². The van der Waals surface area contributed by atoms with Gasteiger partial charge in [-0.05, 0) is 24.5 Å². The molecule has 3 heteroatoms. The number of aliphatic hydroxyl groups is 1. The molecule has 1 heterocycles. The standard InChI is InChI=1S/C13H15NO2/c14-8-11-4-2-1-3-10(11)7-12-9-16-6-5-13(12)15/h1-4,12-13,15H,5-7,9H2/t12-,13-/m1/s1. The van der Waals surface area contributed by atoms with E-state index in [2.05, 4.69) is 6.07 Å². The molecule has 1 saturated heterocycles. The van der Waals surface area contributed by atoms with E-state index in [9.17, 15) is 5.11 Å². The van der Waals surface area contributed by atoms with Gasteiger partial charge in [0.25, 0.3) is 0 Å². The molecule has 0 radical (unpaired) electrons. The summed E-state index contributed by atoms with van der Waals surface area (Å²) in [6, 6.07) is 9.71. The van der Waals surface area contributed by atoms with E-state index in [0.717, 1.165) is 5.56 Å². The van der Waals surface area contributed by atoms with Gasteiger partial charge in [0.15, 0.2) is 0 Å². The van der Waals surface area contributed by atoms with Gasteiger partial charge in [-0.1, -0.05) is 18.2 Å². The summed E-state index contributed by atoms with van der Waals surface area (Å²) in [5, 5.41) is 18.8. The average Bonchev–Trinajstić information content (AvgIpc) is 2.33. The second-order valence-corrected chi connectivity index (χ2v) is 4.16. The van der Waals surface area contributed by atoms with Crippen LogP contribution in [0.5, 0.6) is 0 Å². The van der Waals surface area contributed by atoms with Crippen LogP contribution in [-0.4, -0.2) is 24.4 Å². The van der Waals surface area contributed by atoms with Crippen molar-refractivity contribution < 1.29 is 9.84 Å². The SMILES string of the molecule is N#Cc1ccccc1C[C@@H]1COCC[C@H]1O. The highest BCUT2D eigenvalue weighted by atomic mass is 16.5. The van der Waals surface area contributed by atoms with Crippen LogP contribution >= 0.6 is 0 Å². The first-order valence-electron chi connectivity index (χ1n) is 5.55. The van der Waals surface area contributed by atoms with Crippen molar-refractivity contribution in [1.82, 2.24) is 0 Å². The third-order valence-electron chi connectivity index (χ3n) is 3.05. The number of nitrogens with zero attached hydrogens (tertiary/aromatic N) is 1. The molecule has 0 unspecified atom stereocenters. The van der Waals surface area contributed by atoms with Crippen LogP contribution in [0.25, 0.3) is 0 Å². The summed E-state index contributed by atoms with van der Waals surface area (Å²) in [7, 11) is 0. The summed E-state index contributed by atoms with van der Waals surface area (Å²) in [4.78, 5) is 0. The van der Waals surface area contributed by atoms with Gasteiger partial charge in [-0.15, -0.1) is 0 Å². The normalized spacial score (nSPS) is 25.0. The van der Waals surface area contributed by atoms with Crippen molar-refractivity contribution in [2.75, 3.05) is 13.2 Å². The van der Waals surface area contributed by atoms with E-state index in [1.165, 1.54) is 0 Å². The summed E-state index contributed by atoms with van der Waals surface area (Å²) in [6.07, 6.45) is 1.10. The van der Waals surface area contributed by atoms with Crippen LogP contribution in [0.1, 0.15) is 17.5 Å². The Bertz CT molecular complexity index is 397. The van der Waals surface area contributed by atoms with Crippen molar-refractivity contribution >= 4 is 0 Å². The molecule has 84 valence electrons. The molecule has 2 atom stereocenters. The van der Waals surface area contributed by atoms with Gasteiger partial charge in [0.2, 0.25) is 0 Å². The van der Waals surface area contributed by atoms with Crippen LogP contribution in [0.4, 0.5) is 0 Å². The van der Waals surface area contributed by atoms with Crippen LogP contribution < -0.4 is 0 Å². The first-order chi connectivity index (χ1) is 7.81. The summed E-state index contributed by atoms with van der Waals surface area (Å²) in [6.45, 7) is 1.22. The number of nitriles is 1. The second-order valence-electron chi connectivity index (χ2n) is 4.16. The first-order valence-corrected chi connectivity index (χ1v) is 5.55. The predicted octanol–water partition coefficient (Wildman–Crippen LogP) is 1.50. The molecule has 1 aromatic carbocycles. The zero-order chi connectivity index (χ0) is 11.4. The van der Waals surface area contributed by atoms with E-state index in [1.54, 1.807) is 0 Å². The molecule has 0 amide bonds. The Balaban J connectivity index is 2.11. The minimum atomic E-state index is -0.305. The van der Waals surface area contributed by atoms with Crippen LogP contribution in [0, 0.1) is 17.2 Å². The fourth-order valence-electron chi connectivity index (χ4n) is 2.07. The van der Waals surface area contributed by atoms with E-state index < -0.39 is 0 Å². The Labute approximate surface area is 95.3 Å². The van der Waals surface area contributed by atoms with Crippen LogP contribution in [0.2, 0.25) is 0 Å². The highest BCUT2D eigenvalue weighted by molar-refractivity contribution is 5.37. The lowest BCUT2D eigenvalue weighted by molar-refractivity contribution is -0.0350. The Morgan fingerprint density at radius 3 is 3.00 bits per heavy atom. The largest absolute Gasteiger partial charge is 0.393 e. The summed E-state index contributed by atoms with van der Waals surface area (Å²) < 4.78 is 5.36. The molecule has 0 aliphatic carbocycles. The number of aliphatic hydroxyl groups excluding tert-OH is 1. The summed E-state index contributed by atoms with van der Waals surface area (Å²) in [5.41, 5.74) is 1.69. The van der Waals surface area contributed by atoms with Gasteiger partial charge in [-0.3, -0.25) is 0 Å². The van der Waals surface area contributed by atoms with E-state index in [-0.39, 0.29) is 12.0 Å². The maximum Gasteiger partial charge on any atom is 0.0994 e. The Morgan fingerprint density at radius 2 is 2.25 bits per heavy atom. The van der Waals surface area contributed by atoms with Crippen molar-refractivity contribution in [1.29, 1.82) is 5.26 Å². The molecule has 0 saturated carbocycles. The zero-order valence-electron chi connectivity index (χ0n) is 9.10. The number of hydrogen-bond acceptors (Lipinski definition) is 3. The van der Waals surface area contributed by atoms with Crippen LogP contribution in [-0.2, 0) is 11.2 Å². The monoisotopic (exact) mass is 217 g/mol. The Kier molecular flexibility index (Phi) is 3.55. The van der Waals surface area contributed by atoms with Crippen LogP contribution in [0.3, 0.4) is 0 Å². The van der Waals surface area contributed by atoms with Gasteiger partial charge in [0, 0.05) is 12.5 Å². The third-order valence-corrected chi connectivity index (χ3v) is 3.05. The lowest BCUT2D eigenvalue weighted by Gasteiger charge is -2.27. The molecule has 0 bridgehead atoms. The van der Waals surface area contributed by atoms with Gasteiger partial charge < -0.3 is 9.84 Å². The minimum absolute atomic E-state index is 0.114. The van der Waals surface area contributed by atoms with E-state index in [0.29, 0.717) is 31.6 Å². The van der Waals surface area contributed by atoms with Gasteiger partial charge in [-0.25, -0.2) is 0 Å². The predicted molar refractivity (Wildman–Crippen MR) is 59.8 cm³/mol. The maximum absolute atomic E-state index is 9.83. The van der Waals surface area contributed by atoms with Crippen molar-refractivity contribution in [3.63, 3.8) is 0 Å². The fraction of sp³-hybridized carbons (Fsp3) is 0.462. The molecule has 0 spiro atoms. The number of rotatable bonds is 2. The van der Waals surface area contributed by atoms with Crippen molar-refractivity contribution in [3.8, 4) is 6.07 Å². The molecule has 1 aromatic rings. The zero-order valence-corrected chi connectivity index (χ0v) is 9.10. The molecular weight excluding hydrogens is 202 g/mol. The summed E-state index contributed by atoms with van der Waals surface area (Å²) >= 11 is 0. The lowest BCUT2D eigenvalue weighted by atomic mass is 9.90. The Morgan fingerprint density at radius 1 is 1.44 bits per heavy atom. The topological polar surface area (TPSA) is 53.2 Å². The quantitative estimate of drug-likeness (QED) is 0.816. The molecule has 3 nitrogen and oxygen atoms in total. The van der Waals surface area contributed by atoms with Gasteiger partial charge >= 0.3 is 0 Å². The molecule has 0 aromatic heterocycles. The molecular formula is C13H15NO2. The average molecular weight is 217 g/mol. The Hall–Kier alpha value is -1.37. The van der Waals surface area contributed by atoms with E-state index >= 15 is 0 Å². The minimum Gasteiger partial charge on any atom is -0.393 e. The fourth-order valence-corrected chi connectivity index (χ4v) is 2.07. The van der Waals surface area contributed by atoms with Gasteiger partial charge in [0.05, 0.1) is 24.3 Å². The second kappa shape index (κ2) is 5.11. The van der Waals surface area contributed by atoms with Crippen molar-refractivity contribution in [2.24, 2.45) is 5.92 Å². The third kappa shape index (κ3) is 2.41.